The van der Waals surface area contributed by atoms with Crippen LogP contribution < -0.4 is 10.1 Å². The number of carbonyl (C=O) groups is 1. The van der Waals surface area contributed by atoms with Gasteiger partial charge in [-0.1, -0.05) is 35.5 Å². The van der Waals surface area contributed by atoms with Gasteiger partial charge in [0.05, 0.1) is 12.4 Å². The van der Waals surface area contributed by atoms with E-state index in [2.05, 4.69) is 15.5 Å². The van der Waals surface area contributed by atoms with E-state index in [1.807, 2.05) is 80.8 Å². The van der Waals surface area contributed by atoms with E-state index in [0.717, 1.165) is 17.0 Å². The van der Waals surface area contributed by atoms with Gasteiger partial charge in [0, 0.05) is 21.8 Å². The molecule has 0 spiro atoms. The van der Waals surface area contributed by atoms with Gasteiger partial charge in [-0.15, -0.1) is 10.2 Å². The van der Waals surface area contributed by atoms with Gasteiger partial charge < -0.3 is 10.1 Å². The summed E-state index contributed by atoms with van der Waals surface area (Å²) >= 11 is 7.53. The molecule has 158 valence electrons. The minimum Gasteiger partial charge on any atom is -0.494 e. The Bertz CT molecular complexity index is 1010. The molecule has 1 amide bonds. The summed E-state index contributed by atoms with van der Waals surface area (Å²) < 4.78 is 7.48. The Balaban J connectivity index is 1.95. The van der Waals surface area contributed by atoms with Crippen molar-refractivity contribution in [2.45, 2.75) is 38.4 Å². The Morgan fingerprint density at radius 1 is 1.17 bits per heavy atom. The molecule has 1 aromatic heterocycles. The number of aromatic nitrogens is 3. The summed E-state index contributed by atoms with van der Waals surface area (Å²) in [6.07, 6.45) is 0. The van der Waals surface area contributed by atoms with Crippen LogP contribution >= 0.6 is 23.4 Å². The van der Waals surface area contributed by atoms with Crippen LogP contribution in [0.3, 0.4) is 0 Å². The van der Waals surface area contributed by atoms with Gasteiger partial charge in [-0.3, -0.25) is 9.36 Å². The summed E-state index contributed by atoms with van der Waals surface area (Å²) in [5.74, 6) is 1.62. The van der Waals surface area contributed by atoms with Crippen molar-refractivity contribution in [1.82, 2.24) is 20.1 Å². The normalized spacial score (nSPS) is 11.4. The van der Waals surface area contributed by atoms with Gasteiger partial charge in [-0.05, 0) is 64.1 Å². The first-order chi connectivity index (χ1) is 14.3. The molecule has 0 unspecified atom stereocenters. The van der Waals surface area contributed by atoms with Crippen molar-refractivity contribution < 1.29 is 9.53 Å². The average Bonchev–Trinajstić information content (AvgIpc) is 3.10. The number of hydrogen-bond donors (Lipinski definition) is 1. The van der Waals surface area contributed by atoms with Gasteiger partial charge in [-0.25, -0.2) is 0 Å². The molecule has 1 heterocycles. The van der Waals surface area contributed by atoms with Crippen LogP contribution in [0.2, 0.25) is 5.02 Å². The number of hydrogen-bond acceptors (Lipinski definition) is 5. The zero-order valence-corrected chi connectivity index (χ0v) is 19.0. The molecule has 2 aromatic carbocycles. The van der Waals surface area contributed by atoms with E-state index in [9.17, 15) is 4.79 Å². The van der Waals surface area contributed by atoms with E-state index < -0.39 is 0 Å². The molecule has 3 aromatic rings. The summed E-state index contributed by atoms with van der Waals surface area (Å²) in [6, 6.07) is 15.2. The molecule has 0 radical (unpaired) electrons. The third-order valence-electron chi connectivity index (χ3n) is 3.97. The maximum atomic E-state index is 12.3. The van der Waals surface area contributed by atoms with Crippen molar-refractivity contribution >= 4 is 29.3 Å². The topological polar surface area (TPSA) is 69.0 Å². The van der Waals surface area contributed by atoms with Gasteiger partial charge in [0.25, 0.3) is 0 Å². The fourth-order valence-corrected chi connectivity index (χ4v) is 3.80. The second-order valence-electron chi connectivity index (χ2n) is 7.67. The van der Waals surface area contributed by atoms with Crippen molar-refractivity contribution in [3.63, 3.8) is 0 Å². The summed E-state index contributed by atoms with van der Waals surface area (Å²) in [7, 11) is 0. The molecule has 0 fully saturated rings. The van der Waals surface area contributed by atoms with Crippen molar-refractivity contribution in [2.24, 2.45) is 0 Å². The quantitative estimate of drug-likeness (QED) is 0.519. The van der Waals surface area contributed by atoms with E-state index in [1.165, 1.54) is 11.8 Å². The molecule has 0 aliphatic carbocycles. The number of amides is 1. The van der Waals surface area contributed by atoms with Crippen LogP contribution in [0.5, 0.6) is 5.75 Å². The predicted molar refractivity (Wildman–Crippen MR) is 122 cm³/mol. The van der Waals surface area contributed by atoms with E-state index in [0.29, 0.717) is 22.6 Å². The summed E-state index contributed by atoms with van der Waals surface area (Å²) in [5.41, 5.74) is 1.43. The van der Waals surface area contributed by atoms with Crippen molar-refractivity contribution in [2.75, 3.05) is 12.4 Å². The highest BCUT2D eigenvalue weighted by Crippen LogP contribution is 2.30. The summed E-state index contributed by atoms with van der Waals surface area (Å²) in [4.78, 5) is 12.3. The Hall–Kier alpha value is -2.51. The molecule has 1 N–H and O–H groups in total. The summed E-state index contributed by atoms with van der Waals surface area (Å²) in [5, 5.41) is 12.9. The van der Waals surface area contributed by atoms with Crippen molar-refractivity contribution in [3.05, 3.63) is 53.6 Å². The standard InChI is InChI=1S/C22H25ClN4O2S/c1-5-29-18-11-9-17(10-12-18)27-20(15-7-6-8-16(23)13-15)25-26-21(27)30-14-19(28)24-22(2,3)4/h6-13H,5,14H2,1-4H3,(H,24,28). The molecular formula is C22H25ClN4O2S. The van der Waals surface area contributed by atoms with Crippen LogP contribution in [0.15, 0.2) is 53.7 Å². The van der Waals surface area contributed by atoms with Crippen LogP contribution in [0.4, 0.5) is 0 Å². The maximum Gasteiger partial charge on any atom is 0.230 e. The zero-order valence-electron chi connectivity index (χ0n) is 17.5. The molecule has 3 rings (SSSR count). The van der Waals surface area contributed by atoms with Gasteiger partial charge in [-0.2, -0.15) is 0 Å². The van der Waals surface area contributed by atoms with Gasteiger partial charge in [0.15, 0.2) is 11.0 Å². The SMILES string of the molecule is CCOc1ccc(-n2c(SCC(=O)NC(C)(C)C)nnc2-c2cccc(Cl)c2)cc1. The number of thioether (sulfide) groups is 1. The molecule has 0 aliphatic heterocycles. The lowest BCUT2D eigenvalue weighted by atomic mass is 10.1. The lowest BCUT2D eigenvalue weighted by molar-refractivity contribution is -0.119. The average molecular weight is 445 g/mol. The lowest BCUT2D eigenvalue weighted by Gasteiger charge is -2.20. The summed E-state index contributed by atoms with van der Waals surface area (Å²) in [6.45, 7) is 8.41. The fourth-order valence-electron chi connectivity index (χ4n) is 2.85. The molecule has 6 nitrogen and oxygen atoms in total. The number of nitrogens with one attached hydrogen (secondary N) is 1. The number of carbonyl (C=O) groups excluding carboxylic acids is 1. The Labute approximate surface area is 186 Å². The molecule has 0 bridgehead atoms. The van der Waals surface area contributed by atoms with Crippen molar-refractivity contribution in [1.29, 1.82) is 0 Å². The van der Waals surface area contributed by atoms with E-state index in [1.54, 1.807) is 0 Å². The Morgan fingerprint density at radius 3 is 2.53 bits per heavy atom. The van der Waals surface area contributed by atoms with Crippen molar-refractivity contribution in [3.8, 4) is 22.8 Å². The molecule has 0 saturated heterocycles. The van der Waals surface area contributed by atoms with Gasteiger partial charge in [0.2, 0.25) is 5.91 Å². The first-order valence-electron chi connectivity index (χ1n) is 9.65. The third-order valence-corrected chi connectivity index (χ3v) is 5.13. The fraction of sp³-hybridized carbons (Fsp3) is 0.318. The van der Waals surface area contributed by atoms with E-state index >= 15 is 0 Å². The number of ether oxygens (including phenoxy) is 1. The van der Waals surface area contributed by atoms with E-state index in [4.69, 9.17) is 16.3 Å². The number of benzene rings is 2. The van der Waals surface area contributed by atoms with E-state index in [-0.39, 0.29) is 17.2 Å². The molecule has 8 heteroatoms. The van der Waals surface area contributed by atoms with Crippen LogP contribution in [0, 0.1) is 0 Å². The number of rotatable bonds is 7. The highest BCUT2D eigenvalue weighted by atomic mass is 35.5. The second-order valence-corrected chi connectivity index (χ2v) is 9.04. The Morgan fingerprint density at radius 2 is 1.90 bits per heavy atom. The molecule has 0 aliphatic rings. The number of nitrogens with zero attached hydrogens (tertiary/aromatic N) is 3. The lowest BCUT2D eigenvalue weighted by Crippen LogP contribution is -2.41. The van der Waals surface area contributed by atoms with Crippen LogP contribution in [-0.4, -0.2) is 38.6 Å². The maximum absolute atomic E-state index is 12.3. The second kappa shape index (κ2) is 9.53. The highest BCUT2D eigenvalue weighted by Gasteiger charge is 2.19. The molecule has 0 saturated carbocycles. The third kappa shape index (κ3) is 5.77. The molecular weight excluding hydrogens is 420 g/mol. The minimum absolute atomic E-state index is 0.0574. The van der Waals surface area contributed by atoms with Crippen LogP contribution in [0.1, 0.15) is 27.7 Å². The first kappa shape index (κ1) is 22.2. The van der Waals surface area contributed by atoms with Gasteiger partial charge >= 0.3 is 0 Å². The smallest absolute Gasteiger partial charge is 0.230 e. The highest BCUT2D eigenvalue weighted by molar-refractivity contribution is 7.99. The van der Waals surface area contributed by atoms with Crippen LogP contribution in [0.25, 0.3) is 17.1 Å². The largest absolute Gasteiger partial charge is 0.494 e. The zero-order chi connectivity index (χ0) is 21.7. The Kier molecular flexibility index (Phi) is 7.05. The van der Waals surface area contributed by atoms with Gasteiger partial charge in [0.1, 0.15) is 5.75 Å². The number of halogens is 1. The van der Waals surface area contributed by atoms with Crippen LogP contribution in [-0.2, 0) is 4.79 Å². The predicted octanol–water partition coefficient (Wildman–Crippen LogP) is 4.99. The monoisotopic (exact) mass is 444 g/mol. The minimum atomic E-state index is -0.285. The molecule has 30 heavy (non-hydrogen) atoms. The molecule has 0 atom stereocenters. The first-order valence-corrected chi connectivity index (χ1v) is 11.0.